The lowest BCUT2D eigenvalue weighted by Gasteiger charge is -2.33. The highest BCUT2D eigenvalue weighted by atomic mass is 16.5. The Morgan fingerprint density at radius 1 is 1.00 bits per heavy atom. The van der Waals surface area contributed by atoms with Crippen molar-refractivity contribution in [3.8, 4) is 5.75 Å². The van der Waals surface area contributed by atoms with Gasteiger partial charge >= 0.3 is 0 Å². The zero-order valence-corrected chi connectivity index (χ0v) is 14.7. The summed E-state index contributed by atoms with van der Waals surface area (Å²) in [6.45, 7) is 1.10. The molecule has 1 saturated carbocycles. The lowest BCUT2D eigenvalue weighted by molar-refractivity contribution is 0.326. The topological polar surface area (TPSA) is 21.3 Å². The molecule has 0 bridgehead atoms. The fourth-order valence-electron chi connectivity index (χ4n) is 3.87. The summed E-state index contributed by atoms with van der Waals surface area (Å²) in [4.78, 5) is 0. The SMILES string of the molecule is COc1cccc(C2CCCCC2NCCCc2ccccc2)c1. The molecular formula is C22H29NO. The Morgan fingerprint density at radius 3 is 2.67 bits per heavy atom. The van der Waals surface area contributed by atoms with Crippen molar-refractivity contribution in [3.05, 3.63) is 65.7 Å². The first kappa shape index (κ1) is 17.0. The Hall–Kier alpha value is -1.80. The zero-order valence-electron chi connectivity index (χ0n) is 14.7. The van der Waals surface area contributed by atoms with Gasteiger partial charge in [0.2, 0.25) is 0 Å². The smallest absolute Gasteiger partial charge is 0.119 e. The predicted molar refractivity (Wildman–Crippen MR) is 101 cm³/mol. The highest BCUT2D eigenvalue weighted by Gasteiger charge is 2.26. The molecule has 2 nitrogen and oxygen atoms in total. The third-order valence-electron chi connectivity index (χ3n) is 5.18. The van der Waals surface area contributed by atoms with Crippen LogP contribution in [-0.2, 0) is 6.42 Å². The number of rotatable bonds is 7. The molecule has 1 N–H and O–H groups in total. The lowest BCUT2D eigenvalue weighted by Crippen LogP contribution is -2.37. The largest absolute Gasteiger partial charge is 0.497 e. The van der Waals surface area contributed by atoms with Gasteiger partial charge in [-0.05, 0) is 61.4 Å². The average molecular weight is 323 g/mol. The third kappa shape index (κ3) is 4.61. The molecule has 0 aromatic heterocycles. The minimum atomic E-state index is 0.599. The number of ether oxygens (including phenoxy) is 1. The first-order chi connectivity index (χ1) is 11.9. The average Bonchev–Trinajstić information content (AvgIpc) is 2.66. The van der Waals surface area contributed by atoms with Gasteiger partial charge < -0.3 is 10.1 Å². The van der Waals surface area contributed by atoms with Crippen molar-refractivity contribution >= 4 is 0 Å². The molecular weight excluding hydrogens is 294 g/mol. The monoisotopic (exact) mass is 323 g/mol. The van der Waals surface area contributed by atoms with Crippen LogP contribution in [0.2, 0.25) is 0 Å². The highest BCUT2D eigenvalue weighted by molar-refractivity contribution is 5.32. The number of aryl methyl sites for hydroxylation is 1. The standard InChI is InChI=1S/C22H29NO/c1-24-20-13-7-12-19(17-20)21-14-5-6-15-22(21)23-16-8-11-18-9-3-2-4-10-18/h2-4,7,9-10,12-13,17,21-23H,5-6,8,11,14-16H2,1H3. The van der Waals surface area contributed by atoms with Crippen molar-refractivity contribution in [2.75, 3.05) is 13.7 Å². The highest BCUT2D eigenvalue weighted by Crippen LogP contribution is 2.34. The molecule has 2 aromatic carbocycles. The van der Waals surface area contributed by atoms with Crippen LogP contribution in [0.4, 0.5) is 0 Å². The first-order valence-corrected chi connectivity index (χ1v) is 9.28. The maximum atomic E-state index is 5.41. The fraction of sp³-hybridized carbons (Fsp3) is 0.455. The van der Waals surface area contributed by atoms with Crippen molar-refractivity contribution < 1.29 is 4.74 Å². The molecule has 0 amide bonds. The lowest BCUT2D eigenvalue weighted by atomic mass is 9.80. The molecule has 0 heterocycles. The van der Waals surface area contributed by atoms with Crippen molar-refractivity contribution in [1.82, 2.24) is 5.32 Å². The minimum Gasteiger partial charge on any atom is -0.497 e. The molecule has 0 aliphatic heterocycles. The second-order valence-electron chi connectivity index (χ2n) is 6.82. The van der Waals surface area contributed by atoms with Gasteiger partial charge in [0.1, 0.15) is 5.75 Å². The van der Waals surface area contributed by atoms with E-state index in [2.05, 4.69) is 53.8 Å². The van der Waals surface area contributed by atoms with Gasteiger partial charge in [0.05, 0.1) is 7.11 Å². The Kier molecular flexibility index (Phi) is 6.31. The van der Waals surface area contributed by atoms with Gasteiger partial charge in [-0.25, -0.2) is 0 Å². The van der Waals surface area contributed by atoms with Crippen molar-refractivity contribution in [2.24, 2.45) is 0 Å². The van der Waals surface area contributed by atoms with Crippen LogP contribution in [0.3, 0.4) is 0 Å². The fourth-order valence-corrected chi connectivity index (χ4v) is 3.87. The third-order valence-corrected chi connectivity index (χ3v) is 5.18. The van der Waals surface area contributed by atoms with E-state index < -0.39 is 0 Å². The molecule has 2 atom stereocenters. The molecule has 128 valence electrons. The van der Waals surface area contributed by atoms with E-state index in [4.69, 9.17) is 4.74 Å². The molecule has 0 radical (unpaired) electrons. The van der Waals surface area contributed by atoms with Crippen LogP contribution in [0, 0.1) is 0 Å². The molecule has 2 heteroatoms. The van der Waals surface area contributed by atoms with E-state index >= 15 is 0 Å². The molecule has 1 aliphatic carbocycles. The molecule has 24 heavy (non-hydrogen) atoms. The maximum absolute atomic E-state index is 5.41. The van der Waals surface area contributed by atoms with E-state index in [1.165, 1.54) is 43.2 Å². The van der Waals surface area contributed by atoms with E-state index in [-0.39, 0.29) is 0 Å². The molecule has 1 fully saturated rings. The summed E-state index contributed by atoms with van der Waals surface area (Å²) in [5.41, 5.74) is 2.86. The maximum Gasteiger partial charge on any atom is 0.119 e. The van der Waals surface area contributed by atoms with Crippen LogP contribution in [0.25, 0.3) is 0 Å². The molecule has 3 rings (SSSR count). The summed E-state index contributed by atoms with van der Waals surface area (Å²) in [7, 11) is 1.75. The van der Waals surface area contributed by atoms with Crippen molar-refractivity contribution in [1.29, 1.82) is 0 Å². The number of nitrogens with one attached hydrogen (secondary N) is 1. The normalized spacial score (nSPS) is 20.7. The van der Waals surface area contributed by atoms with Gasteiger partial charge in [0.15, 0.2) is 0 Å². The van der Waals surface area contributed by atoms with Crippen molar-refractivity contribution in [2.45, 2.75) is 50.5 Å². The summed E-state index contributed by atoms with van der Waals surface area (Å²) in [6.07, 6.45) is 7.60. The molecule has 2 aromatic rings. The van der Waals surface area contributed by atoms with Crippen LogP contribution in [0.5, 0.6) is 5.75 Å². The minimum absolute atomic E-state index is 0.599. The van der Waals surface area contributed by atoms with Crippen LogP contribution in [0.15, 0.2) is 54.6 Å². The van der Waals surface area contributed by atoms with Gasteiger partial charge in [-0.2, -0.15) is 0 Å². The van der Waals surface area contributed by atoms with Crippen molar-refractivity contribution in [3.63, 3.8) is 0 Å². The van der Waals surface area contributed by atoms with Crippen LogP contribution in [-0.4, -0.2) is 19.7 Å². The number of hydrogen-bond acceptors (Lipinski definition) is 2. The number of methoxy groups -OCH3 is 1. The summed E-state index contributed by atoms with van der Waals surface area (Å²) >= 11 is 0. The van der Waals surface area contributed by atoms with E-state index in [1.54, 1.807) is 7.11 Å². The quantitative estimate of drug-likeness (QED) is 0.728. The van der Waals surface area contributed by atoms with Gasteiger partial charge in [-0.15, -0.1) is 0 Å². The summed E-state index contributed by atoms with van der Waals surface area (Å²) in [5, 5.41) is 3.84. The number of benzene rings is 2. The Bertz CT molecular complexity index is 610. The number of hydrogen-bond donors (Lipinski definition) is 1. The zero-order chi connectivity index (χ0) is 16.6. The molecule has 0 spiro atoms. The van der Waals surface area contributed by atoms with Crippen LogP contribution < -0.4 is 10.1 Å². The van der Waals surface area contributed by atoms with Gasteiger partial charge in [0.25, 0.3) is 0 Å². The molecule has 1 aliphatic rings. The van der Waals surface area contributed by atoms with E-state index in [9.17, 15) is 0 Å². The van der Waals surface area contributed by atoms with Crippen LogP contribution >= 0.6 is 0 Å². The van der Waals surface area contributed by atoms with E-state index in [1.807, 2.05) is 6.07 Å². The first-order valence-electron chi connectivity index (χ1n) is 9.28. The van der Waals surface area contributed by atoms with Gasteiger partial charge in [0, 0.05) is 6.04 Å². The summed E-state index contributed by atoms with van der Waals surface area (Å²) < 4.78 is 5.41. The Labute approximate surface area is 146 Å². The predicted octanol–water partition coefficient (Wildman–Crippen LogP) is 4.94. The van der Waals surface area contributed by atoms with Gasteiger partial charge in [-0.3, -0.25) is 0 Å². The summed E-state index contributed by atoms with van der Waals surface area (Å²) in [5.74, 6) is 1.59. The summed E-state index contributed by atoms with van der Waals surface area (Å²) in [6, 6.07) is 20.0. The second-order valence-corrected chi connectivity index (χ2v) is 6.82. The molecule has 2 unspecified atom stereocenters. The second kappa shape index (κ2) is 8.89. The van der Waals surface area contributed by atoms with E-state index in [0.717, 1.165) is 18.7 Å². The Balaban J connectivity index is 1.54. The van der Waals surface area contributed by atoms with Crippen LogP contribution in [0.1, 0.15) is 49.1 Å². The van der Waals surface area contributed by atoms with Gasteiger partial charge in [-0.1, -0.05) is 55.3 Å². The van der Waals surface area contributed by atoms with E-state index in [0.29, 0.717) is 12.0 Å². The molecule has 0 saturated heterocycles. The Morgan fingerprint density at radius 2 is 1.83 bits per heavy atom.